The molecule has 3 rings (SSSR count). The van der Waals surface area contributed by atoms with Gasteiger partial charge in [-0.15, -0.1) is 0 Å². The Morgan fingerprint density at radius 2 is 1.45 bits per heavy atom. The Morgan fingerprint density at radius 3 is 2.13 bits per heavy atom. The molecule has 3 aromatic carbocycles. The molecule has 0 saturated heterocycles. The predicted octanol–water partition coefficient (Wildman–Crippen LogP) is 4.86. The van der Waals surface area contributed by atoms with Gasteiger partial charge in [0.25, 0.3) is 11.8 Å². The van der Waals surface area contributed by atoms with Crippen molar-refractivity contribution in [1.82, 2.24) is 10.9 Å². The van der Waals surface area contributed by atoms with Gasteiger partial charge in [-0.25, -0.2) is 0 Å². The number of hydrazine groups is 1. The van der Waals surface area contributed by atoms with Crippen LogP contribution in [-0.2, 0) is 19.1 Å². The molecular weight excluding hydrogens is 510 g/mol. The minimum atomic E-state index is -0.705. The van der Waals surface area contributed by atoms with Crippen LogP contribution in [0.3, 0.4) is 0 Å². The molecule has 0 atom stereocenters. The first-order valence-electron chi connectivity index (χ1n) is 11.8. The molecule has 0 unspecified atom stereocenters. The largest absolute Gasteiger partial charge is 0.457 e. The van der Waals surface area contributed by atoms with Gasteiger partial charge in [-0.3, -0.25) is 30.0 Å². The highest BCUT2D eigenvalue weighted by Crippen LogP contribution is 2.25. The zero-order chi connectivity index (χ0) is 27.5. The number of carbonyl (C=O) groups is 4. The summed E-state index contributed by atoms with van der Waals surface area (Å²) in [6.45, 7) is 3.48. The van der Waals surface area contributed by atoms with Crippen molar-refractivity contribution in [2.45, 2.75) is 33.1 Å². The molecule has 0 saturated carbocycles. The van der Waals surface area contributed by atoms with E-state index < -0.39 is 24.4 Å². The van der Waals surface area contributed by atoms with Crippen molar-refractivity contribution in [2.75, 3.05) is 11.9 Å². The summed E-state index contributed by atoms with van der Waals surface area (Å²) >= 11 is 5.76. The van der Waals surface area contributed by atoms with Crippen molar-refractivity contribution in [3.63, 3.8) is 0 Å². The highest BCUT2D eigenvalue weighted by molar-refractivity contribution is 6.30. The van der Waals surface area contributed by atoms with Crippen molar-refractivity contribution in [2.24, 2.45) is 0 Å². The molecule has 38 heavy (non-hydrogen) atoms. The second-order valence-electron chi connectivity index (χ2n) is 8.44. The summed E-state index contributed by atoms with van der Waals surface area (Å²) in [6, 6.07) is 18.9. The van der Waals surface area contributed by atoms with Crippen LogP contribution in [0.2, 0.25) is 5.02 Å². The zero-order valence-corrected chi connectivity index (χ0v) is 21.8. The fourth-order valence-electron chi connectivity index (χ4n) is 3.19. The van der Waals surface area contributed by atoms with Gasteiger partial charge in [-0.05, 0) is 92.1 Å². The van der Waals surface area contributed by atoms with E-state index in [0.717, 1.165) is 11.3 Å². The number of esters is 1. The molecule has 0 bridgehead atoms. The molecule has 198 valence electrons. The molecule has 10 heteroatoms. The molecule has 0 heterocycles. The number of rotatable bonds is 10. The number of halogens is 1. The van der Waals surface area contributed by atoms with Crippen molar-refractivity contribution in [3.8, 4) is 11.5 Å². The van der Waals surface area contributed by atoms with Crippen molar-refractivity contribution in [3.05, 3.63) is 88.4 Å². The Kier molecular flexibility index (Phi) is 10.2. The molecule has 9 nitrogen and oxygen atoms in total. The van der Waals surface area contributed by atoms with E-state index in [2.05, 4.69) is 16.2 Å². The third-order valence-electron chi connectivity index (χ3n) is 5.42. The van der Waals surface area contributed by atoms with Crippen LogP contribution in [0.5, 0.6) is 11.5 Å². The fraction of sp³-hybridized carbons (Fsp3) is 0.214. The van der Waals surface area contributed by atoms with E-state index in [1.165, 1.54) is 17.7 Å². The molecule has 0 fully saturated rings. The fourth-order valence-corrected chi connectivity index (χ4v) is 3.32. The Balaban J connectivity index is 1.30. The third kappa shape index (κ3) is 9.25. The monoisotopic (exact) mass is 537 g/mol. The Bertz CT molecular complexity index is 1290. The highest BCUT2D eigenvalue weighted by Gasteiger charge is 2.11. The van der Waals surface area contributed by atoms with Crippen LogP contribution in [0.4, 0.5) is 5.69 Å². The summed E-state index contributed by atoms with van der Waals surface area (Å²) in [4.78, 5) is 47.7. The third-order valence-corrected chi connectivity index (χ3v) is 5.67. The smallest absolute Gasteiger partial charge is 0.306 e. The summed E-state index contributed by atoms with van der Waals surface area (Å²) < 4.78 is 10.7. The quantitative estimate of drug-likeness (QED) is 0.251. The van der Waals surface area contributed by atoms with Crippen LogP contribution in [0.15, 0.2) is 66.7 Å². The molecule has 0 aliphatic rings. The summed E-state index contributed by atoms with van der Waals surface area (Å²) in [5.41, 5.74) is 7.58. The number of ether oxygens (including phenoxy) is 2. The molecule has 0 aromatic heterocycles. The van der Waals surface area contributed by atoms with Crippen molar-refractivity contribution in [1.29, 1.82) is 0 Å². The molecule has 0 aliphatic heterocycles. The number of aryl methyl sites for hydroxylation is 2. The first kappa shape index (κ1) is 28.2. The minimum Gasteiger partial charge on any atom is -0.457 e. The first-order chi connectivity index (χ1) is 18.2. The maximum Gasteiger partial charge on any atom is 0.306 e. The number of anilines is 1. The van der Waals surface area contributed by atoms with Crippen LogP contribution in [-0.4, -0.2) is 30.3 Å². The molecule has 3 amide bonds. The summed E-state index contributed by atoms with van der Waals surface area (Å²) in [7, 11) is 0. The average Bonchev–Trinajstić information content (AvgIpc) is 2.89. The summed E-state index contributed by atoms with van der Waals surface area (Å²) in [6.07, 6.45) is 0.299. The van der Waals surface area contributed by atoms with Crippen LogP contribution >= 0.6 is 11.6 Å². The molecule has 0 radical (unpaired) electrons. The van der Waals surface area contributed by atoms with Gasteiger partial charge in [0.1, 0.15) is 11.5 Å². The summed E-state index contributed by atoms with van der Waals surface area (Å²) in [5.74, 6) is -0.771. The van der Waals surface area contributed by atoms with Crippen molar-refractivity contribution >= 4 is 41.0 Å². The number of carbonyl (C=O) groups excluding carboxylic acids is 4. The number of nitrogens with one attached hydrogen (secondary N) is 3. The lowest BCUT2D eigenvalue weighted by molar-refractivity contribution is -0.148. The molecule has 3 N–H and O–H groups in total. The molecular formula is C28H28ClN3O6. The second-order valence-corrected chi connectivity index (χ2v) is 8.88. The lowest BCUT2D eigenvalue weighted by Gasteiger charge is -2.10. The normalized spacial score (nSPS) is 10.3. The van der Waals surface area contributed by atoms with E-state index in [-0.39, 0.29) is 25.2 Å². The van der Waals surface area contributed by atoms with E-state index >= 15 is 0 Å². The van der Waals surface area contributed by atoms with Gasteiger partial charge in [0.05, 0.1) is 0 Å². The van der Waals surface area contributed by atoms with Gasteiger partial charge in [0.15, 0.2) is 6.61 Å². The van der Waals surface area contributed by atoms with Gasteiger partial charge >= 0.3 is 5.97 Å². The Morgan fingerprint density at radius 1 is 0.763 bits per heavy atom. The van der Waals surface area contributed by atoms with Gasteiger partial charge in [0, 0.05) is 29.1 Å². The van der Waals surface area contributed by atoms with E-state index in [1.54, 1.807) is 36.4 Å². The van der Waals surface area contributed by atoms with Crippen LogP contribution in [0, 0.1) is 13.8 Å². The van der Waals surface area contributed by atoms with E-state index in [0.29, 0.717) is 22.0 Å². The van der Waals surface area contributed by atoms with Crippen molar-refractivity contribution < 1.29 is 28.7 Å². The number of benzene rings is 3. The Hall–Kier alpha value is -4.37. The van der Waals surface area contributed by atoms with Gasteiger partial charge in [-0.2, -0.15) is 0 Å². The molecule has 0 aliphatic carbocycles. The topological polar surface area (TPSA) is 123 Å². The predicted molar refractivity (Wildman–Crippen MR) is 143 cm³/mol. The lowest BCUT2D eigenvalue weighted by atomic mass is 10.1. The van der Waals surface area contributed by atoms with E-state index in [1.807, 2.05) is 32.0 Å². The van der Waals surface area contributed by atoms with Gasteiger partial charge in [-0.1, -0.05) is 17.7 Å². The Labute approximate surface area is 225 Å². The molecule has 3 aromatic rings. The van der Waals surface area contributed by atoms with E-state index in [9.17, 15) is 19.2 Å². The van der Waals surface area contributed by atoms with Crippen LogP contribution in [0.1, 0.15) is 40.7 Å². The van der Waals surface area contributed by atoms with Crippen LogP contribution < -0.4 is 20.9 Å². The standard InChI is InChI=1S/C28H28ClN3O6/c1-18-6-13-24(16-19(18)2)38-23-14-11-22(12-15-23)30-25(33)4-3-5-27(35)37-17-26(34)31-32-28(36)20-7-9-21(29)10-8-20/h6-16H,3-5,17H2,1-2H3,(H,30,33)(H,31,34)(H,32,36). The number of hydrogen-bond acceptors (Lipinski definition) is 6. The maximum absolute atomic E-state index is 12.2. The van der Waals surface area contributed by atoms with Gasteiger partial charge < -0.3 is 14.8 Å². The molecule has 0 spiro atoms. The second kappa shape index (κ2) is 13.8. The van der Waals surface area contributed by atoms with Gasteiger partial charge in [0.2, 0.25) is 5.91 Å². The lowest BCUT2D eigenvalue weighted by Crippen LogP contribution is -2.43. The highest BCUT2D eigenvalue weighted by atomic mass is 35.5. The summed E-state index contributed by atoms with van der Waals surface area (Å²) in [5, 5.41) is 3.23. The number of hydrogen-bond donors (Lipinski definition) is 3. The first-order valence-corrected chi connectivity index (χ1v) is 12.2. The maximum atomic E-state index is 12.2. The van der Waals surface area contributed by atoms with Crippen LogP contribution in [0.25, 0.3) is 0 Å². The number of amides is 3. The SMILES string of the molecule is Cc1ccc(Oc2ccc(NC(=O)CCCC(=O)OCC(=O)NNC(=O)c3ccc(Cl)cc3)cc2)cc1C. The minimum absolute atomic E-state index is 0.0411. The average molecular weight is 538 g/mol. The zero-order valence-electron chi connectivity index (χ0n) is 21.0. The van der Waals surface area contributed by atoms with E-state index in [4.69, 9.17) is 21.1 Å².